The lowest BCUT2D eigenvalue weighted by atomic mass is 9.60. The van der Waals surface area contributed by atoms with Gasteiger partial charge in [0.1, 0.15) is 0 Å². The molecule has 0 radical (unpaired) electrons. The van der Waals surface area contributed by atoms with Crippen molar-refractivity contribution in [3.8, 4) is 0 Å². The Morgan fingerprint density at radius 2 is 1.52 bits per heavy atom. The van der Waals surface area contributed by atoms with Crippen molar-refractivity contribution in [1.82, 2.24) is 0 Å². The zero-order valence-electron chi connectivity index (χ0n) is 20.2. The maximum Gasteiger partial charge on any atom is 0.0252 e. The second kappa shape index (κ2) is 6.96. The van der Waals surface area contributed by atoms with Gasteiger partial charge in [-0.25, -0.2) is 0 Å². The first kappa shape index (κ1) is 20.8. The summed E-state index contributed by atoms with van der Waals surface area (Å²) in [6, 6.07) is 9.04. The van der Waals surface area contributed by atoms with Crippen LogP contribution in [0.1, 0.15) is 60.8 Å². The van der Waals surface area contributed by atoms with E-state index in [4.69, 9.17) is 0 Å². The molecule has 4 aliphatic rings. The van der Waals surface area contributed by atoms with Crippen molar-refractivity contribution in [1.29, 1.82) is 0 Å². The lowest BCUT2D eigenvalue weighted by Crippen LogP contribution is -2.34. The molecule has 0 heteroatoms. The molecule has 162 valence electrons. The number of hydrogen-bond acceptors (Lipinski definition) is 0. The molecule has 0 nitrogen and oxygen atoms in total. The van der Waals surface area contributed by atoms with Crippen LogP contribution in [0, 0.1) is 34.0 Å². The summed E-state index contributed by atoms with van der Waals surface area (Å²) >= 11 is 0. The maximum atomic E-state index is 2.62. The van der Waals surface area contributed by atoms with Crippen LogP contribution in [-0.4, -0.2) is 0 Å². The standard InChI is InChI=1S/C31H38/c1-29(2)18-22(19-30(3,4)20-29)21-15-16-23(17-21)31(5,6)28-26-13-9-7-11-24(26)25-12-8-10-14-27(25)28/h7-17,22-23,26H,18-20H2,1-6H3. The van der Waals surface area contributed by atoms with E-state index in [9.17, 15) is 0 Å². The monoisotopic (exact) mass is 410 g/mol. The smallest absolute Gasteiger partial charge is 0.0252 e. The second-order valence-electron chi connectivity index (χ2n) is 12.5. The SMILES string of the molecule is CC1(C)CC(C2=CC(C(C)(C)C3=c4ccccc4=C4C=CC=CC43)C=C2)CC(C)(C)C1. The van der Waals surface area contributed by atoms with Crippen molar-refractivity contribution in [3.63, 3.8) is 0 Å². The van der Waals surface area contributed by atoms with Crippen LogP contribution in [0.5, 0.6) is 0 Å². The number of rotatable bonds is 3. The van der Waals surface area contributed by atoms with Gasteiger partial charge >= 0.3 is 0 Å². The number of hydrogen-bond donors (Lipinski definition) is 0. The molecular formula is C31H38. The highest BCUT2D eigenvalue weighted by atomic mass is 14.5. The van der Waals surface area contributed by atoms with E-state index in [-0.39, 0.29) is 5.41 Å². The zero-order chi connectivity index (χ0) is 22.0. The van der Waals surface area contributed by atoms with Gasteiger partial charge in [0, 0.05) is 11.8 Å². The molecule has 31 heavy (non-hydrogen) atoms. The summed E-state index contributed by atoms with van der Waals surface area (Å²) < 4.78 is 0. The van der Waals surface area contributed by atoms with Crippen LogP contribution in [0.4, 0.5) is 0 Å². The fraction of sp³-hybridized carbons (Fsp3) is 0.484. The summed E-state index contributed by atoms with van der Waals surface area (Å²) in [5.41, 5.74) is 5.59. The first-order valence-corrected chi connectivity index (χ1v) is 12.2. The highest BCUT2D eigenvalue weighted by Crippen LogP contribution is 2.53. The Morgan fingerprint density at radius 3 is 2.23 bits per heavy atom. The van der Waals surface area contributed by atoms with Crippen LogP contribution in [-0.2, 0) is 0 Å². The molecule has 0 spiro atoms. The highest BCUT2D eigenvalue weighted by molar-refractivity contribution is 5.82. The molecule has 0 saturated heterocycles. The highest BCUT2D eigenvalue weighted by Gasteiger charge is 2.42. The van der Waals surface area contributed by atoms with Crippen molar-refractivity contribution in [3.05, 3.63) is 82.8 Å². The summed E-state index contributed by atoms with van der Waals surface area (Å²) in [7, 11) is 0. The minimum absolute atomic E-state index is 0.0794. The molecule has 2 atom stereocenters. The number of benzene rings is 1. The summed E-state index contributed by atoms with van der Waals surface area (Å²) in [6.45, 7) is 14.8. The van der Waals surface area contributed by atoms with Gasteiger partial charge in [0.05, 0.1) is 0 Å². The summed E-state index contributed by atoms with van der Waals surface area (Å²) in [4.78, 5) is 0. The molecule has 0 heterocycles. The number of fused-ring (bicyclic) bond motifs is 2. The Morgan fingerprint density at radius 1 is 0.839 bits per heavy atom. The third-order valence-electron chi connectivity index (χ3n) is 8.29. The van der Waals surface area contributed by atoms with Crippen molar-refractivity contribution < 1.29 is 0 Å². The van der Waals surface area contributed by atoms with Gasteiger partial charge < -0.3 is 0 Å². The molecule has 2 unspecified atom stereocenters. The van der Waals surface area contributed by atoms with Crippen molar-refractivity contribution >= 4 is 11.1 Å². The molecular weight excluding hydrogens is 372 g/mol. The molecule has 1 saturated carbocycles. The maximum absolute atomic E-state index is 2.62. The summed E-state index contributed by atoms with van der Waals surface area (Å²) in [5.74, 6) is 1.56. The minimum atomic E-state index is 0.0794. The molecule has 0 amide bonds. The Kier molecular flexibility index (Phi) is 4.67. The molecule has 1 aromatic rings. The second-order valence-corrected chi connectivity index (χ2v) is 12.5. The summed E-state index contributed by atoms with van der Waals surface area (Å²) in [6.07, 6.45) is 20.7. The molecule has 5 rings (SSSR count). The topological polar surface area (TPSA) is 0 Å². The lowest BCUT2D eigenvalue weighted by Gasteiger charge is -2.45. The lowest BCUT2D eigenvalue weighted by molar-refractivity contribution is 0.0830. The van der Waals surface area contributed by atoms with Gasteiger partial charge in [-0.3, -0.25) is 0 Å². The molecule has 0 N–H and O–H groups in total. The van der Waals surface area contributed by atoms with Gasteiger partial charge in [-0.05, 0) is 68.6 Å². The molecule has 0 bridgehead atoms. The van der Waals surface area contributed by atoms with E-state index in [1.165, 1.54) is 35.3 Å². The fourth-order valence-electron chi connectivity index (χ4n) is 7.45. The first-order valence-electron chi connectivity index (χ1n) is 12.2. The Bertz CT molecular complexity index is 1130. The van der Waals surface area contributed by atoms with Crippen molar-refractivity contribution in [2.24, 2.45) is 34.0 Å². The van der Waals surface area contributed by atoms with E-state index < -0.39 is 0 Å². The van der Waals surface area contributed by atoms with Crippen molar-refractivity contribution in [2.75, 3.05) is 0 Å². The third kappa shape index (κ3) is 3.53. The first-order chi connectivity index (χ1) is 14.6. The van der Waals surface area contributed by atoms with E-state index in [1.54, 1.807) is 11.1 Å². The third-order valence-corrected chi connectivity index (χ3v) is 8.29. The molecule has 4 aliphatic carbocycles. The van der Waals surface area contributed by atoms with Crippen LogP contribution >= 0.6 is 0 Å². The Balaban J connectivity index is 1.52. The zero-order valence-corrected chi connectivity index (χ0v) is 20.2. The van der Waals surface area contributed by atoms with Crippen LogP contribution in [0.3, 0.4) is 0 Å². The predicted octanol–water partition coefficient (Wildman–Crippen LogP) is 6.73. The quantitative estimate of drug-likeness (QED) is 0.518. The molecule has 0 aliphatic heterocycles. The van der Waals surface area contributed by atoms with Gasteiger partial charge in [-0.2, -0.15) is 0 Å². The minimum Gasteiger partial charge on any atom is -0.0765 e. The van der Waals surface area contributed by atoms with Gasteiger partial charge in [-0.1, -0.05) is 108 Å². The van der Waals surface area contributed by atoms with E-state index >= 15 is 0 Å². The van der Waals surface area contributed by atoms with Gasteiger partial charge in [0.25, 0.3) is 0 Å². The van der Waals surface area contributed by atoms with Gasteiger partial charge in [0.2, 0.25) is 0 Å². The molecule has 1 aromatic carbocycles. The Labute approximate surface area is 188 Å². The number of allylic oxidation sites excluding steroid dienone is 8. The van der Waals surface area contributed by atoms with Crippen molar-refractivity contribution in [2.45, 2.75) is 60.8 Å². The van der Waals surface area contributed by atoms with Crippen LogP contribution < -0.4 is 10.4 Å². The van der Waals surface area contributed by atoms with E-state index in [2.05, 4.69) is 108 Å². The van der Waals surface area contributed by atoms with Gasteiger partial charge in [-0.15, -0.1) is 0 Å². The average molecular weight is 411 g/mol. The van der Waals surface area contributed by atoms with Crippen LogP contribution in [0.15, 0.2) is 72.4 Å². The van der Waals surface area contributed by atoms with Crippen LogP contribution in [0.2, 0.25) is 0 Å². The van der Waals surface area contributed by atoms with Gasteiger partial charge in [0.15, 0.2) is 0 Å². The molecule has 0 aromatic heterocycles. The average Bonchev–Trinajstić information content (AvgIpc) is 3.30. The largest absolute Gasteiger partial charge is 0.0765 e. The van der Waals surface area contributed by atoms with E-state index in [0.717, 1.165) is 0 Å². The predicted molar refractivity (Wildman–Crippen MR) is 134 cm³/mol. The summed E-state index contributed by atoms with van der Waals surface area (Å²) in [5, 5.41) is 2.89. The van der Waals surface area contributed by atoms with E-state index in [1.807, 2.05) is 0 Å². The van der Waals surface area contributed by atoms with Crippen LogP contribution in [0.25, 0.3) is 11.1 Å². The van der Waals surface area contributed by atoms with E-state index in [0.29, 0.717) is 28.6 Å². The Hall–Kier alpha value is -2.08. The molecule has 1 fully saturated rings. The fourth-order valence-corrected chi connectivity index (χ4v) is 7.45. The normalized spacial score (nSPS) is 28.6.